The van der Waals surface area contributed by atoms with Gasteiger partial charge < -0.3 is 15.0 Å². The van der Waals surface area contributed by atoms with Crippen LogP contribution in [0.4, 0.5) is 4.39 Å². The van der Waals surface area contributed by atoms with Gasteiger partial charge in [-0.2, -0.15) is 5.10 Å². The molecule has 6 nitrogen and oxygen atoms in total. The number of likely N-dealkylation sites (tertiary alicyclic amines) is 1. The third-order valence-corrected chi connectivity index (χ3v) is 5.75. The minimum Gasteiger partial charge on any atom is -0.376 e. The van der Waals surface area contributed by atoms with Gasteiger partial charge in [0.25, 0.3) is 0 Å². The minimum atomic E-state index is -0.247. The van der Waals surface area contributed by atoms with Gasteiger partial charge in [0.2, 0.25) is 0 Å². The molecule has 174 valence electrons. The molecule has 1 unspecified atom stereocenters. The monoisotopic (exact) mass is 449 g/mol. The van der Waals surface area contributed by atoms with Crippen LogP contribution in [0.15, 0.2) is 71.9 Å². The van der Waals surface area contributed by atoms with E-state index in [-0.39, 0.29) is 5.82 Å². The summed E-state index contributed by atoms with van der Waals surface area (Å²) >= 11 is 0. The predicted molar refractivity (Wildman–Crippen MR) is 129 cm³/mol. The van der Waals surface area contributed by atoms with Crippen LogP contribution in [0.25, 0.3) is 5.69 Å². The number of aliphatic imine (C=N–C) groups is 1. The Kier molecular flexibility index (Phi) is 8.09. The van der Waals surface area contributed by atoms with Gasteiger partial charge in [0.1, 0.15) is 5.82 Å². The lowest BCUT2D eigenvalue weighted by atomic mass is 10.1. The van der Waals surface area contributed by atoms with E-state index in [2.05, 4.69) is 34.4 Å². The van der Waals surface area contributed by atoms with Crippen molar-refractivity contribution >= 4 is 5.96 Å². The zero-order chi connectivity index (χ0) is 22.9. The Labute approximate surface area is 195 Å². The van der Waals surface area contributed by atoms with E-state index in [1.165, 1.54) is 17.7 Å². The summed E-state index contributed by atoms with van der Waals surface area (Å²) < 4.78 is 20.9. The zero-order valence-corrected chi connectivity index (χ0v) is 19.2. The lowest BCUT2D eigenvalue weighted by Crippen LogP contribution is -2.40. The largest absolute Gasteiger partial charge is 0.376 e. The van der Waals surface area contributed by atoms with E-state index < -0.39 is 0 Å². The molecule has 2 aromatic carbocycles. The van der Waals surface area contributed by atoms with Crippen LogP contribution in [0.2, 0.25) is 0 Å². The molecule has 0 radical (unpaired) electrons. The molecule has 2 heterocycles. The minimum absolute atomic E-state index is 0.247. The van der Waals surface area contributed by atoms with Crippen molar-refractivity contribution in [1.29, 1.82) is 0 Å². The quantitative estimate of drug-likeness (QED) is 0.395. The summed E-state index contributed by atoms with van der Waals surface area (Å²) in [6.45, 7) is 6.97. The van der Waals surface area contributed by atoms with Crippen molar-refractivity contribution in [2.45, 2.75) is 26.4 Å². The van der Waals surface area contributed by atoms with Crippen molar-refractivity contribution in [3.05, 3.63) is 83.9 Å². The number of guanidine groups is 1. The first-order chi connectivity index (χ1) is 16.2. The Morgan fingerprint density at radius 3 is 2.76 bits per heavy atom. The molecule has 1 atom stereocenters. The maximum absolute atomic E-state index is 13.1. The summed E-state index contributed by atoms with van der Waals surface area (Å²) in [6.07, 6.45) is 3.76. The fourth-order valence-electron chi connectivity index (χ4n) is 4.01. The molecular formula is C26H32FN5O. The van der Waals surface area contributed by atoms with E-state index in [4.69, 9.17) is 9.73 Å². The van der Waals surface area contributed by atoms with Crippen LogP contribution >= 0.6 is 0 Å². The number of ether oxygens (including phenoxy) is 1. The van der Waals surface area contributed by atoms with E-state index in [1.807, 2.05) is 30.5 Å². The average Bonchev–Trinajstić information content (AvgIpc) is 3.50. The summed E-state index contributed by atoms with van der Waals surface area (Å²) in [5.41, 5.74) is 3.02. The first kappa shape index (κ1) is 23.0. The van der Waals surface area contributed by atoms with Gasteiger partial charge in [-0.05, 0) is 49.2 Å². The number of halogens is 1. The zero-order valence-electron chi connectivity index (χ0n) is 19.2. The molecule has 0 saturated carbocycles. The average molecular weight is 450 g/mol. The maximum atomic E-state index is 13.1. The Morgan fingerprint density at radius 1 is 1.15 bits per heavy atom. The number of benzene rings is 2. The lowest BCUT2D eigenvalue weighted by Gasteiger charge is -2.21. The molecule has 1 N–H and O–H groups in total. The summed E-state index contributed by atoms with van der Waals surface area (Å²) in [5, 5.41) is 8.02. The number of rotatable bonds is 9. The number of hydrogen-bond donors (Lipinski definition) is 1. The predicted octanol–water partition coefficient (Wildman–Crippen LogP) is 4.06. The SMILES string of the molecule is CCNC(=NCCc1ccn(-c2ccc(F)cc2)n1)N1CCC(COCc2ccccc2)C1. The van der Waals surface area contributed by atoms with Gasteiger partial charge in [-0.1, -0.05) is 30.3 Å². The molecule has 0 spiro atoms. The van der Waals surface area contributed by atoms with Crippen molar-refractivity contribution in [3.63, 3.8) is 0 Å². The molecule has 4 rings (SSSR count). The second-order valence-electron chi connectivity index (χ2n) is 8.32. The first-order valence-electron chi connectivity index (χ1n) is 11.7. The highest BCUT2D eigenvalue weighted by molar-refractivity contribution is 5.80. The molecule has 7 heteroatoms. The van der Waals surface area contributed by atoms with Crippen molar-refractivity contribution in [2.75, 3.05) is 32.8 Å². The van der Waals surface area contributed by atoms with Crippen LogP contribution in [0.5, 0.6) is 0 Å². The van der Waals surface area contributed by atoms with Gasteiger partial charge >= 0.3 is 0 Å². The third kappa shape index (κ3) is 6.65. The fourth-order valence-corrected chi connectivity index (χ4v) is 4.01. The van der Waals surface area contributed by atoms with Crippen LogP contribution in [-0.2, 0) is 17.8 Å². The highest BCUT2D eigenvalue weighted by Gasteiger charge is 2.25. The van der Waals surface area contributed by atoms with Crippen molar-refractivity contribution in [2.24, 2.45) is 10.9 Å². The van der Waals surface area contributed by atoms with Gasteiger partial charge in [-0.25, -0.2) is 9.07 Å². The maximum Gasteiger partial charge on any atom is 0.193 e. The number of aromatic nitrogens is 2. The van der Waals surface area contributed by atoms with Crippen molar-refractivity contribution < 1.29 is 9.13 Å². The standard InChI is InChI=1S/C26H32FN5O/c1-2-28-26(31-16-13-22(18-31)20-33-19-21-6-4-3-5-7-21)29-15-12-24-14-17-32(30-24)25-10-8-23(27)9-11-25/h3-11,14,17,22H,2,12-13,15-16,18-20H2,1H3,(H,28,29). The van der Waals surface area contributed by atoms with Crippen molar-refractivity contribution in [3.8, 4) is 5.69 Å². The Bertz CT molecular complexity index is 1020. The van der Waals surface area contributed by atoms with E-state index >= 15 is 0 Å². The van der Waals surface area contributed by atoms with Crippen LogP contribution in [-0.4, -0.2) is 53.4 Å². The second kappa shape index (κ2) is 11.6. The Balaban J connectivity index is 1.26. The van der Waals surface area contributed by atoms with Gasteiger partial charge in [-0.15, -0.1) is 0 Å². The summed E-state index contributed by atoms with van der Waals surface area (Å²) in [7, 11) is 0. The van der Waals surface area contributed by atoms with Gasteiger partial charge in [0.15, 0.2) is 5.96 Å². The summed E-state index contributed by atoms with van der Waals surface area (Å²) in [4.78, 5) is 7.17. The number of nitrogens with one attached hydrogen (secondary N) is 1. The molecule has 0 amide bonds. The third-order valence-electron chi connectivity index (χ3n) is 5.75. The molecule has 3 aromatic rings. The highest BCUT2D eigenvalue weighted by atomic mass is 19.1. The highest BCUT2D eigenvalue weighted by Crippen LogP contribution is 2.17. The van der Waals surface area contributed by atoms with Crippen LogP contribution in [0, 0.1) is 11.7 Å². The fraction of sp³-hybridized carbons (Fsp3) is 0.385. The van der Waals surface area contributed by atoms with Gasteiger partial charge in [0.05, 0.1) is 24.6 Å². The lowest BCUT2D eigenvalue weighted by molar-refractivity contribution is 0.0907. The van der Waals surface area contributed by atoms with Crippen molar-refractivity contribution in [1.82, 2.24) is 20.0 Å². The molecule has 1 saturated heterocycles. The molecule has 0 aliphatic carbocycles. The molecule has 1 fully saturated rings. The van der Waals surface area contributed by atoms with E-state index in [9.17, 15) is 4.39 Å². The number of nitrogens with zero attached hydrogens (tertiary/aromatic N) is 4. The second-order valence-corrected chi connectivity index (χ2v) is 8.32. The van der Waals surface area contributed by atoms with E-state index in [0.717, 1.165) is 56.4 Å². The molecule has 1 aromatic heterocycles. The topological polar surface area (TPSA) is 54.7 Å². The molecule has 33 heavy (non-hydrogen) atoms. The molecule has 0 bridgehead atoms. The van der Waals surface area contributed by atoms with Crippen LogP contribution in [0.1, 0.15) is 24.6 Å². The van der Waals surface area contributed by atoms with Crippen LogP contribution in [0.3, 0.4) is 0 Å². The molecule has 1 aliphatic rings. The van der Waals surface area contributed by atoms with E-state index in [0.29, 0.717) is 19.1 Å². The summed E-state index contributed by atoms with van der Waals surface area (Å²) in [5.74, 6) is 1.23. The molecule has 1 aliphatic heterocycles. The normalized spacial score (nSPS) is 16.4. The van der Waals surface area contributed by atoms with Crippen LogP contribution < -0.4 is 5.32 Å². The number of hydrogen-bond acceptors (Lipinski definition) is 3. The van der Waals surface area contributed by atoms with Gasteiger partial charge in [0, 0.05) is 44.7 Å². The van der Waals surface area contributed by atoms with E-state index in [1.54, 1.807) is 16.8 Å². The Hall–Kier alpha value is -3.19. The molecular weight excluding hydrogens is 417 g/mol. The first-order valence-corrected chi connectivity index (χ1v) is 11.7. The smallest absolute Gasteiger partial charge is 0.193 e. The Morgan fingerprint density at radius 2 is 1.97 bits per heavy atom. The summed E-state index contributed by atoms with van der Waals surface area (Å²) in [6, 6.07) is 18.6. The van der Waals surface area contributed by atoms with Gasteiger partial charge in [-0.3, -0.25) is 4.99 Å².